The van der Waals surface area contributed by atoms with Crippen molar-refractivity contribution < 1.29 is 12.8 Å². The van der Waals surface area contributed by atoms with Gasteiger partial charge in [-0.15, -0.1) is 0 Å². The fraction of sp³-hybridized carbons (Fsp3) is 0.133. The van der Waals surface area contributed by atoms with E-state index in [4.69, 9.17) is 10.2 Å². The molecule has 2 N–H and O–H groups in total. The molecule has 0 aliphatic heterocycles. The highest BCUT2D eigenvalue weighted by Crippen LogP contribution is 2.22. The molecule has 1 heterocycles. The lowest BCUT2D eigenvalue weighted by molar-refractivity contribution is 0.540. The Bertz CT molecular complexity index is 870. The number of nitrogen functional groups attached to an aromatic ring is 1. The Hall–Kier alpha value is -2.34. The third-order valence-corrected chi connectivity index (χ3v) is 4.53. The van der Waals surface area contributed by atoms with E-state index in [-0.39, 0.29) is 17.4 Å². The van der Waals surface area contributed by atoms with Crippen LogP contribution >= 0.6 is 0 Å². The van der Waals surface area contributed by atoms with Crippen molar-refractivity contribution in [2.75, 3.05) is 5.73 Å². The number of sulfone groups is 1. The van der Waals surface area contributed by atoms with Gasteiger partial charge in [-0.2, -0.15) is 0 Å². The molecule has 6 heteroatoms. The molecule has 0 radical (unpaired) electrons. The number of nitrogens with zero attached hydrogens (tertiary/aromatic N) is 1. The number of benzene rings is 2. The van der Waals surface area contributed by atoms with Gasteiger partial charge in [-0.1, -0.05) is 36.4 Å². The molecule has 1 aromatic heterocycles. The molecule has 3 rings (SSSR count). The van der Waals surface area contributed by atoms with Crippen molar-refractivity contribution in [1.82, 2.24) is 4.98 Å². The molecular formula is C15H14N2O3S. The first-order chi connectivity index (χ1) is 10.0. The third-order valence-electron chi connectivity index (χ3n) is 3.07. The zero-order valence-corrected chi connectivity index (χ0v) is 12.0. The van der Waals surface area contributed by atoms with Gasteiger partial charge in [-0.3, -0.25) is 0 Å². The largest absolute Gasteiger partial charge is 0.439 e. The van der Waals surface area contributed by atoms with Gasteiger partial charge in [0, 0.05) is 0 Å². The van der Waals surface area contributed by atoms with Gasteiger partial charge in [-0.25, -0.2) is 13.4 Å². The summed E-state index contributed by atoms with van der Waals surface area (Å²) in [7, 11) is -3.35. The van der Waals surface area contributed by atoms with E-state index < -0.39 is 9.84 Å². The molecule has 0 fully saturated rings. The van der Waals surface area contributed by atoms with Gasteiger partial charge >= 0.3 is 0 Å². The summed E-state index contributed by atoms with van der Waals surface area (Å²) in [5.41, 5.74) is 8.01. The smallest absolute Gasteiger partial charge is 0.210 e. The highest BCUT2D eigenvalue weighted by Gasteiger charge is 2.18. The third kappa shape index (κ3) is 3.05. The van der Waals surface area contributed by atoms with Crippen LogP contribution in [0.5, 0.6) is 0 Å². The number of oxazole rings is 1. The molecule has 0 aliphatic carbocycles. The number of para-hydroxylation sites is 1. The Labute approximate surface area is 122 Å². The van der Waals surface area contributed by atoms with Crippen LogP contribution in [0.2, 0.25) is 0 Å². The fourth-order valence-electron chi connectivity index (χ4n) is 2.14. The van der Waals surface area contributed by atoms with Crippen LogP contribution in [0.25, 0.3) is 11.1 Å². The van der Waals surface area contributed by atoms with Gasteiger partial charge in [0.05, 0.1) is 11.4 Å². The summed E-state index contributed by atoms with van der Waals surface area (Å²) >= 11 is 0. The molecule has 0 saturated carbocycles. The van der Waals surface area contributed by atoms with Crippen LogP contribution in [0, 0.1) is 0 Å². The average Bonchev–Trinajstić information content (AvgIpc) is 2.82. The number of anilines is 1. The number of aromatic nitrogens is 1. The van der Waals surface area contributed by atoms with E-state index in [1.807, 2.05) is 18.2 Å². The van der Waals surface area contributed by atoms with E-state index in [1.54, 1.807) is 30.3 Å². The number of fused-ring (bicyclic) bond motifs is 1. The molecule has 0 bridgehead atoms. The number of rotatable bonds is 4. The lowest BCUT2D eigenvalue weighted by Crippen LogP contribution is -2.07. The molecule has 0 unspecified atom stereocenters. The molecule has 0 spiro atoms. The van der Waals surface area contributed by atoms with E-state index in [9.17, 15) is 8.42 Å². The summed E-state index contributed by atoms with van der Waals surface area (Å²) in [4.78, 5) is 4.17. The number of hydrogen-bond acceptors (Lipinski definition) is 5. The standard InChI is InChI=1S/C15H14N2O3S/c16-12-7-4-8-13-15(12)17-14(20-13)10-21(18,19)9-11-5-2-1-3-6-11/h1-8H,9-10,16H2. The highest BCUT2D eigenvalue weighted by molar-refractivity contribution is 7.89. The van der Waals surface area contributed by atoms with Gasteiger partial charge in [0.25, 0.3) is 0 Å². The lowest BCUT2D eigenvalue weighted by atomic mass is 10.2. The molecule has 5 nitrogen and oxygen atoms in total. The summed E-state index contributed by atoms with van der Waals surface area (Å²) in [6.45, 7) is 0. The van der Waals surface area contributed by atoms with E-state index >= 15 is 0 Å². The Morgan fingerprint density at radius 3 is 2.48 bits per heavy atom. The minimum Gasteiger partial charge on any atom is -0.439 e. The normalized spacial score (nSPS) is 11.8. The Kier molecular flexibility index (Phi) is 3.39. The molecule has 0 atom stereocenters. The van der Waals surface area contributed by atoms with Crippen LogP contribution in [-0.4, -0.2) is 13.4 Å². The van der Waals surface area contributed by atoms with Gasteiger partial charge in [0.15, 0.2) is 15.4 Å². The van der Waals surface area contributed by atoms with Gasteiger partial charge in [0.1, 0.15) is 11.3 Å². The lowest BCUT2D eigenvalue weighted by Gasteiger charge is -2.01. The van der Waals surface area contributed by atoms with Crippen molar-refractivity contribution >= 4 is 26.6 Å². The summed E-state index contributed by atoms with van der Waals surface area (Å²) < 4.78 is 29.9. The van der Waals surface area contributed by atoms with Crippen LogP contribution in [-0.2, 0) is 21.3 Å². The highest BCUT2D eigenvalue weighted by atomic mass is 32.2. The maximum atomic E-state index is 12.2. The van der Waals surface area contributed by atoms with Gasteiger partial charge < -0.3 is 10.2 Å². The molecule has 0 amide bonds. The van der Waals surface area contributed by atoms with E-state index in [0.717, 1.165) is 5.56 Å². The predicted molar refractivity (Wildman–Crippen MR) is 81.2 cm³/mol. The first-order valence-corrected chi connectivity index (χ1v) is 8.24. The topological polar surface area (TPSA) is 86.2 Å². The van der Waals surface area contributed by atoms with Gasteiger partial charge in [-0.05, 0) is 17.7 Å². The SMILES string of the molecule is Nc1cccc2oc(CS(=O)(=O)Cc3ccccc3)nc12. The van der Waals surface area contributed by atoms with Crippen molar-refractivity contribution in [1.29, 1.82) is 0 Å². The summed E-state index contributed by atoms with van der Waals surface area (Å²) in [5, 5.41) is 0. The predicted octanol–water partition coefficient (Wildman–Crippen LogP) is 2.53. The van der Waals surface area contributed by atoms with E-state index in [2.05, 4.69) is 4.98 Å². The van der Waals surface area contributed by atoms with Crippen molar-refractivity contribution in [3.05, 3.63) is 60.0 Å². The minimum absolute atomic E-state index is 0.0396. The van der Waals surface area contributed by atoms with Gasteiger partial charge in [0.2, 0.25) is 5.89 Å². The molecular weight excluding hydrogens is 288 g/mol. The van der Waals surface area contributed by atoms with Crippen LogP contribution < -0.4 is 5.73 Å². The minimum atomic E-state index is -3.35. The van der Waals surface area contributed by atoms with Crippen molar-refractivity contribution in [3.8, 4) is 0 Å². The zero-order chi connectivity index (χ0) is 14.9. The maximum absolute atomic E-state index is 12.2. The quantitative estimate of drug-likeness (QED) is 0.748. The number of hydrogen-bond donors (Lipinski definition) is 1. The van der Waals surface area contributed by atoms with Crippen molar-refractivity contribution in [2.24, 2.45) is 0 Å². The zero-order valence-electron chi connectivity index (χ0n) is 11.2. The Morgan fingerprint density at radius 1 is 1.00 bits per heavy atom. The maximum Gasteiger partial charge on any atom is 0.210 e. The van der Waals surface area contributed by atoms with Crippen LogP contribution in [0.3, 0.4) is 0 Å². The molecule has 0 aliphatic rings. The monoisotopic (exact) mass is 302 g/mol. The second-order valence-corrected chi connectivity index (χ2v) is 6.88. The van der Waals surface area contributed by atoms with Crippen molar-refractivity contribution in [2.45, 2.75) is 11.5 Å². The molecule has 108 valence electrons. The average molecular weight is 302 g/mol. The van der Waals surface area contributed by atoms with E-state index in [0.29, 0.717) is 16.8 Å². The molecule has 21 heavy (non-hydrogen) atoms. The fourth-order valence-corrected chi connectivity index (χ4v) is 3.45. The van der Waals surface area contributed by atoms with Crippen LogP contribution in [0.15, 0.2) is 52.9 Å². The second kappa shape index (κ2) is 5.21. The summed E-state index contributed by atoms with van der Waals surface area (Å²) in [6, 6.07) is 14.2. The second-order valence-electron chi connectivity index (χ2n) is 4.82. The molecule has 3 aromatic rings. The summed E-state index contributed by atoms with van der Waals surface area (Å²) in [5.74, 6) is -0.114. The van der Waals surface area contributed by atoms with Crippen LogP contribution in [0.1, 0.15) is 11.5 Å². The Balaban J connectivity index is 1.85. The van der Waals surface area contributed by atoms with Crippen molar-refractivity contribution in [3.63, 3.8) is 0 Å². The summed E-state index contributed by atoms with van der Waals surface area (Å²) in [6.07, 6.45) is 0. The van der Waals surface area contributed by atoms with Crippen LogP contribution in [0.4, 0.5) is 5.69 Å². The first kappa shape index (κ1) is 13.6. The Morgan fingerprint density at radius 2 is 1.76 bits per heavy atom. The molecule has 2 aromatic carbocycles. The van der Waals surface area contributed by atoms with E-state index in [1.165, 1.54) is 0 Å². The molecule has 0 saturated heterocycles. The number of nitrogens with two attached hydrogens (primary N) is 1. The first-order valence-electron chi connectivity index (χ1n) is 6.42.